The smallest absolute Gasteiger partial charge is 0.243 e. The molecule has 0 radical (unpaired) electrons. The van der Waals surface area contributed by atoms with Gasteiger partial charge in [0.2, 0.25) is 15.9 Å². The van der Waals surface area contributed by atoms with E-state index in [1.807, 2.05) is 36.4 Å². The zero-order valence-corrected chi connectivity index (χ0v) is 19.9. The molecule has 0 aromatic heterocycles. The number of hydrogen-bond acceptors (Lipinski definition) is 5. The molecule has 2 fully saturated rings. The maximum absolute atomic E-state index is 13.2. The SMILES string of the molecule is O=C(CCc1ccccc1)Nc1cc(S(=O)(=O)N2CCOCC2)ccc1N1CCCCCC1. The fraction of sp³-hybridized carbons (Fsp3) is 0.480. The molecule has 7 nitrogen and oxygen atoms in total. The minimum absolute atomic E-state index is 0.115. The van der Waals surface area contributed by atoms with Crippen LogP contribution in [0.25, 0.3) is 0 Å². The predicted molar refractivity (Wildman–Crippen MR) is 130 cm³/mol. The molecule has 2 saturated heterocycles. The summed E-state index contributed by atoms with van der Waals surface area (Å²) in [5, 5.41) is 3.03. The molecule has 0 atom stereocenters. The third-order valence-corrected chi connectivity index (χ3v) is 8.17. The molecule has 0 bridgehead atoms. The van der Waals surface area contributed by atoms with Crippen LogP contribution >= 0.6 is 0 Å². The van der Waals surface area contributed by atoms with Crippen molar-refractivity contribution in [2.45, 2.75) is 43.4 Å². The van der Waals surface area contributed by atoms with Crippen LogP contribution in [0.4, 0.5) is 11.4 Å². The van der Waals surface area contributed by atoms with E-state index in [9.17, 15) is 13.2 Å². The van der Waals surface area contributed by atoms with Crippen LogP contribution in [0.3, 0.4) is 0 Å². The minimum atomic E-state index is -3.65. The topological polar surface area (TPSA) is 79.0 Å². The van der Waals surface area contributed by atoms with Crippen molar-refractivity contribution in [3.05, 3.63) is 54.1 Å². The van der Waals surface area contributed by atoms with E-state index in [4.69, 9.17) is 4.74 Å². The highest BCUT2D eigenvalue weighted by molar-refractivity contribution is 7.89. The Labute approximate surface area is 196 Å². The summed E-state index contributed by atoms with van der Waals surface area (Å²) in [4.78, 5) is 15.3. The largest absolute Gasteiger partial charge is 0.379 e. The number of nitrogens with one attached hydrogen (secondary N) is 1. The summed E-state index contributed by atoms with van der Waals surface area (Å²) in [7, 11) is -3.65. The van der Waals surface area contributed by atoms with Gasteiger partial charge in [0.25, 0.3) is 0 Å². The van der Waals surface area contributed by atoms with Crippen LogP contribution in [0.15, 0.2) is 53.4 Å². The van der Waals surface area contributed by atoms with Gasteiger partial charge >= 0.3 is 0 Å². The quantitative estimate of drug-likeness (QED) is 0.667. The van der Waals surface area contributed by atoms with Gasteiger partial charge in [-0.1, -0.05) is 43.2 Å². The van der Waals surface area contributed by atoms with Crippen molar-refractivity contribution in [3.63, 3.8) is 0 Å². The number of sulfonamides is 1. The lowest BCUT2D eigenvalue weighted by Crippen LogP contribution is -2.40. The third-order valence-electron chi connectivity index (χ3n) is 6.28. The standard InChI is InChI=1S/C25H33N3O4S/c29-25(13-10-21-8-4-3-5-9-21)26-23-20-22(33(30,31)28-16-18-32-19-17-28)11-12-24(23)27-14-6-1-2-7-15-27/h3-5,8-9,11-12,20H,1-2,6-7,10,13-19H2,(H,26,29). The molecule has 8 heteroatoms. The van der Waals surface area contributed by atoms with Gasteiger partial charge in [-0.05, 0) is 43.0 Å². The Morgan fingerprint density at radius 2 is 1.61 bits per heavy atom. The van der Waals surface area contributed by atoms with Crippen LogP contribution in [-0.2, 0) is 26.0 Å². The molecule has 0 unspecified atom stereocenters. The van der Waals surface area contributed by atoms with Gasteiger partial charge < -0.3 is 15.0 Å². The number of anilines is 2. The fourth-order valence-electron chi connectivity index (χ4n) is 4.41. The summed E-state index contributed by atoms with van der Waals surface area (Å²) >= 11 is 0. The second-order valence-electron chi connectivity index (χ2n) is 8.63. The zero-order chi connectivity index (χ0) is 23.1. The van der Waals surface area contributed by atoms with E-state index >= 15 is 0 Å². The average molecular weight is 472 g/mol. The second kappa shape index (κ2) is 11.1. The van der Waals surface area contributed by atoms with Gasteiger partial charge in [0.15, 0.2) is 0 Å². The highest BCUT2D eigenvalue weighted by atomic mass is 32.2. The first-order valence-electron chi connectivity index (χ1n) is 11.8. The number of benzene rings is 2. The Kier molecular flexibility index (Phi) is 8.01. The van der Waals surface area contributed by atoms with Gasteiger partial charge in [0.1, 0.15) is 0 Å². The molecule has 2 aromatic carbocycles. The van der Waals surface area contributed by atoms with Crippen molar-refractivity contribution in [2.24, 2.45) is 0 Å². The number of aryl methyl sites for hydroxylation is 1. The van der Waals surface area contributed by atoms with E-state index in [1.165, 1.54) is 17.1 Å². The van der Waals surface area contributed by atoms with Gasteiger partial charge in [-0.3, -0.25) is 4.79 Å². The zero-order valence-electron chi connectivity index (χ0n) is 19.0. The molecule has 0 saturated carbocycles. The van der Waals surface area contributed by atoms with Crippen LogP contribution < -0.4 is 10.2 Å². The van der Waals surface area contributed by atoms with Crippen molar-refractivity contribution in [3.8, 4) is 0 Å². The maximum Gasteiger partial charge on any atom is 0.243 e. The number of morpholine rings is 1. The minimum Gasteiger partial charge on any atom is -0.379 e. The first-order chi connectivity index (χ1) is 16.0. The molecule has 0 spiro atoms. The van der Waals surface area contributed by atoms with Gasteiger partial charge in [0.05, 0.1) is 29.5 Å². The number of carbonyl (C=O) groups is 1. The molecule has 2 aliphatic heterocycles. The van der Waals surface area contributed by atoms with Gasteiger partial charge in [0, 0.05) is 32.6 Å². The van der Waals surface area contributed by atoms with E-state index in [2.05, 4.69) is 10.2 Å². The van der Waals surface area contributed by atoms with E-state index in [1.54, 1.807) is 12.1 Å². The van der Waals surface area contributed by atoms with E-state index in [0.717, 1.165) is 37.2 Å². The lowest BCUT2D eigenvalue weighted by Gasteiger charge is -2.28. The Morgan fingerprint density at radius 3 is 2.30 bits per heavy atom. The number of nitrogens with zero attached hydrogens (tertiary/aromatic N) is 2. The number of hydrogen-bond donors (Lipinski definition) is 1. The number of rotatable bonds is 7. The van der Waals surface area contributed by atoms with E-state index < -0.39 is 10.0 Å². The van der Waals surface area contributed by atoms with Gasteiger partial charge in [-0.2, -0.15) is 4.31 Å². The summed E-state index contributed by atoms with van der Waals surface area (Å²) in [5.74, 6) is -0.115. The molecule has 2 aromatic rings. The predicted octanol–water partition coefficient (Wildman–Crippen LogP) is 3.66. The summed E-state index contributed by atoms with van der Waals surface area (Å²) in [5.41, 5.74) is 2.57. The molecule has 178 valence electrons. The summed E-state index contributed by atoms with van der Waals surface area (Å²) in [6.45, 7) is 3.29. The van der Waals surface area contributed by atoms with Crippen LogP contribution in [0, 0.1) is 0 Å². The molecule has 0 aliphatic carbocycles. The molecule has 4 rings (SSSR count). The van der Waals surface area contributed by atoms with Crippen molar-refractivity contribution in [2.75, 3.05) is 49.6 Å². The molecular weight excluding hydrogens is 438 g/mol. The van der Waals surface area contributed by atoms with Crippen molar-refractivity contribution in [1.82, 2.24) is 4.31 Å². The van der Waals surface area contributed by atoms with Crippen molar-refractivity contribution >= 4 is 27.3 Å². The highest BCUT2D eigenvalue weighted by Crippen LogP contribution is 2.32. The Bertz CT molecular complexity index is 1030. The molecule has 2 heterocycles. The molecule has 1 amide bonds. The van der Waals surface area contributed by atoms with E-state index in [-0.39, 0.29) is 10.8 Å². The van der Waals surface area contributed by atoms with Crippen molar-refractivity contribution < 1.29 is 17.9 Å². The monoisotopic (exact) mass is 471 g/mol. The lowest BCUT2D eigenvalue weighted by atomic mass is 10.1. The summed E-state index contributed by atoms with van der Waals surface area (Å²) in [6, 6.07) is 15.0. The van der Waals surface area contributed by atoms with Crippen LogP contribution in [0.5, 0.6) is 0 Å². The average Bonchev–Trinajstić information content (AvgIpc) is 3.13. The number of amides is 1. The lowest BCUT2D eigenvalue weighted by molar-refractivity contribution is -0.116. The highest BCUT2D eigenvalue weighted by Gasteiger charge is 2.28. The summed E-state index contributed by atoms with van der Waals surface area (Å²) < 4.78 is 33.2. The molecule has 33 heavy (non-hydrogen) atoms. The van der Waals surface area contributed by atoms with Gasteiger partial charge in [-0.15, -0.1) is 0 Å². The third kappa shape index (κ3) is 6.13. The Balaban J connectivity index is 1.57. The normalized spacial score (nSPS) is 18.0. The first-order valence-corrected chi connectivity index (χ1v) is 13.3. The molecule has 1 N–H and O–H groups in total. The number of carbonyl (C=O) groups excluding carboxylic acids is 1. The fourth-order valence-corrected chi connectivity index (χ4v) is 5.85. The van der Waals surface area contributed by atoms with Gasteiger partial charge in [-0.25, -0.2) is 8.42 Å². The van der Waals surface area contributed by atoms with Crippen LogP contribution in [-0.4, -0.2) is 58.0 Å². The Morgan fingerprint density at radius 1 is 0.909 bits per heavy atom. The first kappa shape index (κ1) is 23.7. The van der Waals surface area contributed by atoms with Crippen LogP contribution in [0.2, 0.25) is 0 Å². The molecular formula is C25H33N3O4S. The van der Waals surface area contributed by atoms with E-state index in [0.29, 0.717) is 44.8 Å². The summed E-state index contributed by atoms with van der Waals surface area (Å²) in [6.07, 6.45) is 5.54. The van der Waals surface area contributed by atoms with Crippen LogP contribution in [0.1, 0.15) is 37.7 Å². The number of ether oxygens (including phenoxy) is 1. The Hall–Kier alpha value is -2.42. The van der Waals surface area contributed by atoms with Crippen molar-refractivity contribution in [1.29, 1.82) is 0 Å². The molecule has 2 aliphatic rings. The maximum atomic E-state index is 13.2. The second-order valence-corrected chi connectivity index (χ2v) is 10.6.